The third-order valence-electron chi connectivity index (χ3n) is 7.17. The number of imide groups is 1. The van der Waals surface area contributed by atoms with Crippen LogP contribution in [0.2, 0.25) is 0 Å². The second kappa shape index (κ2) is 10.7. The molecule has 1 saturated heterocycles. The maximum Gasteiger partial charge on any atom is 0.233 e. The summed E-state index contributed by atoms with van der Waals surface area (Å²) in [5.74, 6) is -1.67. The predicted molar refractivity (Wildman–Crippen MR) is 128 cm³/mol. The molecule has 3 N–H and O–H groups in total. The van der Waals surface area contributed by atoms with E-state index < -0.39 is 23.9 Å². The Morgan fingerprint density at radius 3 is 2.39 bits per heavy atom. The second-order valence-electron chi connectivity index (χ2n) is 9.69. The maximum absolute atomic E-state index is 12.8. The smallest absolute Gasteiger partial charge is 0.233 e. The van der Waals surface area contributed by atoms with E-state index in [0.717, 1.165) is 29.6 Å². The van der Waals surface area contributed by atoms with Crippen LogP contribution in [0.15, 0.2) is 41.0 Å². The van der Waals surface area contributed by atoms with Crippen molar-refractivity contribution in [2.24, 2.45) is 23.7 Å². The molecule has 0 unspecified atom stereocenters. The highest BCUT2D eigenvalue weighted by molar-refractivity contribution is 6.05. The summed E-state index contributed by atoms with van der Waals surface area (Å²) < 4.78 is 0. The minimum Gasteiger partial charge on any atom is -0.508 e. The number of phenols is 1. The number of likely N-dealkylation sites (tertiary alicyclic amines) is 1. The molecule has 1 aliphatic carbocycles. The summed E-state index contributed by atoms with van der Waals surface area (Å²) in [5.41, 5.74) is 3.96. The molecule has 6 heteroatoms. The molecule has 33 heavy (non-hydrogen) atoms. The Labute approximate surface area is 196 Å². The summed E-state index contributed by atoms with van der Waals surface area (Å²) in [5, 5.41) is 31.1. The molecule has 1 aromatic carbocycles. The first-order chi connectivity index (χ1) is 15.7. The van der Waals surface area contributed by atoms with E-state index in [2.05, 4.69) is 13.0 Å². The number of aliphatic hydroxyl groups excluding tert-OH is 2. The van der Waals surface area contributed by atoms with Gasteiger partial charge in [0.05, 0.1) is 24.5 Å². The van der Waals surface area contributed by atoms with E-state index >= 15 is 0 Å². The van der Waals surface area contributed by atoms with Crippen LogP contribution in [0.5, 0.6) is 5.75 Å². The maximum atomic E-state index is 12.8. The number of phenolic OH excluding ortho intramolecular Hbond substituents is 1. The van der Waals surface area contributed by atoms with E-state index in [4.69, 9.17) is 0 Å². The number of rotatable bonds is 9. The van der Waals surface area contributed by atoms with E-state index in [9.17, 15) is 24.9 Å². The van der Waals surface area contributed by atoms with Crippen LogP contribution in [-0.2, 0) is 9.59 Å². The number of aromatic hydroxyl groups is 1. The zero-order chi connectivity index (χ0) is 24.3. The van der Waals surface area contributed by atoms with Crippen LogP contribution < -0.4 is 0 Å². The lowest BCUT2D eigenvalue weighted by Gasteiger charge is -2.38. The number of carbonyl (C=O) groups is 2. The molecule has 0 saturated carbocycles. The third-order valence-corrected chi connectivity index (χ3v) is 7.17. The summed E-state index contributed by atoms with van der Waals surface area (Å²) in [6.07, 6.45) is 4.83. The fourth-order valence-corrected chi connectivity index (χ4v) is 5.48. The first-order valence-electron chi connectivity index (χ1n) is 12.0. The molecule has 3 rings (SSSR count). The number of carbonyl (C=O) groups excluding carboxylic acids is 2. The molecular weight excluding hydrogens is 418 g/mol. The van der Waals surface area contributed by atoms with Gasteiger partial charge in [0.1, 0.15) is 5.75 Å². The second-order valence-corrected chi connectivity index (χ2v) is 9.69. The number of allylic oxidation sites excluding steroid dienone is 2. The van der Waals surface area contributed by atoms with Crippen LogP contribution >= 0.6 is 0 Å². The van der Waals surface area contributed by atoms with Gasteiger partial charge in [-0.15, -0.1) is 0 Å². The van der Waals surface area contributed by atoms with E-state index in [1.165, 1.54) is 17.5 Å². The van der Waals surface area contributed by atoms with E-state index in [1.54, 1.807) is 12.1 Å². The SMILES string of the molecule is CCC/C(=C\c1ccc(O)cc1)CC[C@@H](O)C1=C(C(C)C)C[C@H]2C(=O)N(C)C(=O)[C@H]2[C@H]1CO. The van der Waals surface area contributed by atoms with Crippen LogP contribution in [0.3, 0.4) is 0 Å². The van der Waals surface area contributed by atoms with Crippen molar-refractivity contribution < 1.29 is 24.9 Å². The first kappa shape index (κ1) is 25.2. The first-order valence-corrected chi connectivity index (χ1v) is 12.0. The average molecular weight is 456 g/mol. The molecule has 4 atom stereocenters. The number of nitrogens with zero attached hydrogens (tertiary/aromatic N) is 1. The Morgan fingerprint density at radius 1 is 1.15 bits per heavy atom. The predicted octanol–water partition coefficient (Wildman–Crippen LogP) is 3.91. The number of hydrogen-bond donors (Lipinski definition) is 3. The summed E-state index contributed by atoms with van der Waals surface area (Å²) in [7, 11) is 1.51. The van der Waals surface area contributed by atoms with E-state index in [0.29, 0.717) is 19.3 Å². The largest absolute Gasteiger partial charge is 0.508 e. The summed E-state index contributed by atoms with van der Waals surface area (Å²) in [4.78, 5) is 26.6. The Balaban J connectivity index is 1.86. The number of aliphatic hydroxyl groups is 2. The lowest BCUT2D eigenvalue weighted by atomic mass is 9.66. The molecule has 1 fully saturated rings. The summed E-state index contributed by atoms with van der Waals surface area (Å²) in [6.45, 7) is 5.93. The van der Waals surface area contributed by atoms with E-state index in [-0.39, 0.29) is 30.1 Å². The molecular formula is C27H37NO5. The van der Waals surface area contributed by atoms with Gasteiger partial charge in [-0.25, -0.2) is 0 Å². The van der Waals surface area contributed by atoms with Crippen molar-refractivity contribution >= 4 is 17.9 Å². The van der Waals surface area contributed by atoms with Crippen molar-refractivity contribution in [2.45, 2.75) is 59.0 Å². The van der Waals surface area contributed by atoms with Gasteiger partial charge in [-0.3, -0.25) is 14.5 Å². The van der Waals surface area contributed by atoms with Gasteiger partial charge in [0.2, 0.25) is 11.8 Å². The molecule has 6 nitrogen and oxygen atoms in total. The van der Waals surface area contributed by atoms with E-state index in [1.807, 2.05) is 26.0 Å². The zero-order valence-electron chi connectivity index (χ0n) is 20.1. The molecule has 1 aromatic rings. The van der Waals surface area contributed by atoms with Gasteiger partial charge >= 0.3 is 0 Å². The van der Waals surface area contributed by atoms with Gasteiger partial charge in [0.25, 0.3) is 0 Å². The molecule has 180 valence electrons. The number of benzene rings is 1. The normalized spacial score (nSPS) is 24.6. The molecule has 0 spiro atoms. The third kappa shape index (κ3) is 5.22. The Hall–Kier alpha value is -2.44. The van der Waals surface area contributed by atoms with Gasteiger partial charge in [0.15, 0.2) is 0 Å². The van der Waals surface area contributed by atoms with Crippen molar-refractivity contribution in [3.63, 3.8) is 0 Å². The monoisotopic (exact) mass is 455 g/mol. The molecule has 0 bridgehead atoms. The molecule has 2 aliphatic rings. The van der Waals surface area contributed by atoms with Gasteiger partial charge in [-0.1, -0.05) is 56.5 Å². The highest BCUT2D eigenvalue weighted by atomic mass is 16.3. The van der Waals surface area contributed by atoms with Gasteiger partial charge in [-0.2, -0.15) is 0 Å². The number of hydrogen-bond acceptors (Lipinski definition) is 5. The van der Waals surface area contributed by atoms with Crippen molar-refractivity contribution in [1.82, 2.24) is 4.90 Å². The van der Waals surface area contributed by atoms with Crippen LogP contribution in [0.25, 0.3) is 6.08 Å². The minimum absolute atomic E-state index is 0.112. The standard InChI is InChI=1S/C27H37NO5/c1-5-6-17(13-18-7-10-19(30)11-8-18)9-12-23(31)24-20(16(2)3)14-21-25(22(24)15-29)27(33)28(4)26(21)32/h7-8,10-11,13,16,21-23,25,29-31H,5-6,9,12,14-15H2,1-4H3/b17-13+/t21-,22+,23-,25-/m1/s1. The summed E-state index contributed by atoms with van der Waals surface area (Å²) in [6, 6.07) is 7.04. The highest BCUT2D eigenvalue weighted by Crippen LogP contribution is 2.47. The Morgan fingerprint density at radius 2 is 1.82 bits per heavy atom. The molecule has 0 aromatic heterocycles. The lowest BCUT2D eigenvalue weighted by Crippen LogP contribution is -2.39. The average Bonchev–Trinajstić information content (AvgIpc) is 3.01. The van der Waals surface area contributed by atoms with Crippen LogP contribution in [0.1, 0.15) is 58.4 Å². The number of fused-ring (bicyclic) bond motifs is 1. The topological polar surface area (TPSA) is 98.1 Å². The summed E-state index contributed by atoms with van der Waals surface area (Å²) >= 11 is 0. The lowest BCUT2D eigenvalue weighted by molar-refractivity contribution is -0.138. The quantitative estimate of drug-likeness (QED) is 0.387. The molecule has 2 amide bonds. The fourth-order valence-electron chi connectivity index (χ4n) is 5.48. The molecule has 1 aliphatic heterocycles. The van der Waals surface area contributed by atoms with Crippen molar-refractivity contribution in [3.05, 3.63) is 46.5 Å². The van der Waals surface area contributed by atoms with Gasteiger partial charge in [0, 0.05) is 13.0 Å². The van der Waals surface area contributed by atoms with Crippen molar-refractivity contribution in [3.8, 4) is 5.75 Å². The van der Waals surface area contributed by atoms with Crippen molar-refractivity contribution in [2.75, 3.05) is 13.7 Å². The van der Waals surface area contributed by atoms with Crippen molar-refractivity contribution in [1.29, 1.82) is 0 Å². The number of amides is 2. The van der Waals surface area contributed by atoms with Crippen LogP contribution in [0.4, 0.5) is 0 Å². The Bertz CT molecular complexity index is 930. The molecule has 1 heterocycles. The van der Waals surface area contributed by atoms with Crippen LogP contribution in [-0.4, -0.2) is 51.8 Å². The molecule has 0 radical (unpaired) electrons. The zero-order valence-corrected chi connectivity index (χ0v) is 20.1. The van der Waals surface area contributed by atoms with Gasteiger partial charge in [-0.05, 0) is 54.9 Å². The highest BCUT2D eigenvalue weighted by Gasteiger charge is 2.53. The van der Waals surface area contributed by atoms with Gasteiger partial charge < -0.3 is 15.3 Å². The minimum atomic E-state index is -0.783. The van der Waals surface area contributed by atoms with Crippen LogP contribution in [0, 0.1) is 23.7 Å². The Kier molecular flexibility index (Phi) is 8.14. The fraction of sp³-hybridized carbons (Fsp3) is 0.556.